The number of hydrogen-bond acceptors (Lipinski definition) is 4. The van der Waals surface area contributed by atoms with Gasteiger partial charge < -0.3 is 10.1 Å². The summed E-state index contributed by atoms with van der Waals surface area (Å²) < 4.78 is 5.45. The van der Waals surface area contributed by atoms with Gasteiger partial charge in [-0.1, -0.05) is 13.8 Å². The summed E-state index contributed by atoms with van der Waals surface area (Å²) in [5, 5.41) is 12.0. The second kappa shape index (κ2) is 6.43. The molecule has 2 aromatic heterocycles. The topological polar surface area (TPSA) is 62.8 Å². The molecule has 0 atom stereocenters. The highest BCUT2D eigenvalue weighted by Gasteiger charge is 2.19. The SMILES string of the molecule is CC[CH]c1c(CC)nc2[nH]ncc2c1NC1CCOCC1. The van der Waals surface area contributed by atoms with Crippen molar-refractivity contribution in [1.29, 1.82) is 0 Å². The lowest BCUT2D eigenvalue weighted by molar-refractivity contribution is 0.0904. The highest BCUT2D eigenvalue weighted by Crippen LogP contribution is 2.31. The normalized spacial score (nSPS) is 16.5. The predicted octanol–water partition coefficient (Wildman–Crippen LogP) is 3.07. The van der Waals surface area contributed by atoms with E-state index in [1.165, 1.54) is 11.3 Å². The Morgan fingerprint density at radius 2 is 2.19 bits per heavy atom. The third-order valence-electron chi connectivity index (χ3n) is 4.03. The van der Waals surface area contributed by atoms with Gasteiger partial charge in [-0.05, 0) is 32.1 Å². The average Bonchev–Trinajstić information content (AvgIpc) is 2.98. The van der Waals surface area contributed by atoms with Crippen LogP contribution in [0.1, 0.15) is 44.4 Å². The van der Waals surface area contributed by atoms with E-state index >= 15 is 0 Å². The van der Waals surface area contributed by atoms with Gasteiger partial charge in [0.1, 0.15) is 0 Å². The van der Waals surface area contributed by atoms with Crippen molar-refractivity contribution in [1.82, 2.24) is 15.2 Å². The number of anilines is 1. The molecule has 5 heteroatoms. The highest BCUT2D eigenvalue weighted by molar-refractivity contribution is 5.91. The first-order valence-electron chi connectivity index (χ1n) is 7.86. The van der Waals surface area contributed by atoms with Gasteiger partial charge in [-0.2, -0.15) is 5.10 Å². The summed E-state index contributed by atoms with van der Waals surface area (Å²) in [6, 6.07) is 0.466. The Morgan fingerprint density at radius 1 is 1.38 bits per heavy atom. The third kappa shape index (κ3) is 2.88. The molecule has 113 valence electrons. The Kier molecular flexibility index (Phi) is 4.39. The maximum Gasteiger partial charge on any atom is 0.157 e. The molecule has 1 fully saturated rings. The number of aryl methyl sites for hydroxylation is 1. The van der Waals surface area contributed by atoms with Crippen LogP contribution in [0.5, 0.6) is 0 Å². The van der Waals surface area contributed by atoms with Gasteiger partial charge in [-0.25, -0.2) is 4.98 Å². The monoisotopic (exact) mass is 287 g/mol. The first-order valence-corrected chi connectivity index (χ1v) is 7.86. The van der Waals surface area contributed by atoms with Crippen LogP contribution in [-0.4, -0.2) is 34.4 Å². The maximum atomic E-state index is 5.45. The van der Waals surface area contributed by atoms with E-state index in [0.29, 0.717) is 6.04 Å². The molecular weight excluding hydrogens is 264 g/mol. The Morgan fingerprint density at radius 3 is 2.90 bits per heavy atom. The van der Waals surface area contributed by atoms with Crippen molar-refractivity contribution < 1.29 is 4.74 Å². The first-order chi connectivity index (χ1) is 10.3. The zero-order chi connectivity index (χ0) is 14.7. The van der Waals surface area contributed by atoms with Crippen molar-refractivity contribution in [2.24, 2.45) is 0 Å². The molecule has 0 amide bonds. The van der Waals surface area contributed by atoms with Gasteiger partial charge in [0.15, 0.2) is 5.65 Å². The number of fused-ring (bicyclic) bond motifs is 1. The molecule has 1 aliphatic heterocycles. The molecule has 1 radical (unpaired) electrons. The minimum Gasteiger partial charge on any atom is -0.381 e. The summed E-state index contributed by atoms with van der Waals surface area (Å²) in [4.78, 5) is 4.71. The lowest BCUT2D eigenvalue weighted by Crippen LogP contribution is -2.28. The van der Waals surface area contributed by atoms with E-state index in [1.54, 1.807) is 0 Å². The zero-order valence-corrected chi connectivity index (χ0v) is 12.8. The quantitative estimate of drug-likeness (QED) is 0.887. The molecule has 0 spiro atoms. The number of nitrogens with zero attached hydrogens (tertiary/aromatic N) is 2. The molecule has 0 aromatic carbocycles. The van der Waals surface area contributed by atoms with E-state index in [1.807, 2.05) is 6.20 Å². The van der Waals surface area contributed by atoms with Crippen molar-refractivity contribution in [3.8, 4) is 0 Å². The van der Waals surface area contributed by atoms with Crippen LogP contribution < -0.4 is 5.32 Å². The molecule has 1 saturated heterocycles. The fourth-order valence-corrected chi connectivity index (χ4v) is 2.93. The molecule has 0 aliphatic carbocycles. The minimum absolute atomic E-state index is 0.466. The number of aromatic nitrogens is 3. The zero-order valence-electron chi connectivity index (χ0n) is 12.8. The fraction of sp³-hybridized carbons (Fsp3) is 0.562. The molecule has 0 saturated carbocycles. The van der Waals surface area contributed by atoms with Gasteiger partial charge in [0.05, 0.1) is 17.3 Å². The van der Waals surface area contributed by atoms with Gasteiger partial charge >= 0.3 is 0 Å². The van der Waals surface area contributed by atoms with E-state index in [2.05, 4.69) is 35.8 Å². The molecule has 0 unspecified atom stereocenters. The number of rotatable bonds is 5. The summed E-state index contributed by atoms with van der Waals surface area (Å²) in [6.45, 7) is 5.99. The van der Waals surface area contributed by atoms with Crippen molar-refractivity contribution >= 4 is 16.7 Å². The molecule has 0 bridgehead atoms. The summed E-state index contributed by atoms with van der Waals surface area (Å²) in [5.74, 6) is 0. The summed E-state index contributed by atoms with van der Waals surface area (Å²) >= 11 is 0. The first kappa shape index (κ1) is 14.3. The van der Waals surface area contributed by atoms with Crippen LogP contribution in [0.2, 0.25) is 0 Å². The molecule has 3 rings (SSSR count). The minimum atomic E-state index is 0.466. The summed E-state index contributed by atoms with van der Waals surface area (Å²) in [7, 11) is 0. The van der Waals surface area contributed by atoms with E-state index in [9.17, 15) is 0 Å². The Bertz CT molecular complexity index is 602. The fourth-order valence-electron chi connectivity index (χ4n) is 2.93. The second-order valence-corrected chi connectivity index (χ2v) is 5.48. The Hall–Kier alpha value is -1.62. The smallest absolute Gasteiger partial charge is 0.157 e. The van der Waals surface area contributed by atoms with Gasteiger partial charge in [-0.15, -0.1) is 0 Å². The highest BCUT2D eigenvalue weighted by atomic mass is 16.5. The van der Waals surface area contributed by atoms with E-state index < -0.39 is 0 Å². The van der Waals surface area contributed by atoms with Crippen molar-refractivity contribution in [3.63, 3.8) is 0 Å². The van der Waals surface area contributed by atoms with Crippen LogP contribution in [0.15, 0.2) is 6.20 Å². The Balaban J connectivity index is 2.03. The standard InChI is InChI=1S/C16H23N4O/c1-3-5-12-14(4-2)19-16-13(10-17-20-16)15(12)18-11-6-8-21-9-7-11/h5,10-11H,3-4,6-9H2,1-2H3,(H2,17,18,19,20). The maximum absolute atomic E-state index is 5.45. The van der Waals surface area contributed by atoms with Crippen LogP contribution in [-0.2, 0) is 11.2 Å². The molecule has 2 N–H and O–H groups in total. The van der Waals surface area contributed by atoms with Crippen LogP contribution in [0, 0.1) is 6.42 Å². The number of ether oxygens (including phenoxy) is 1. The van der Waals surface area contributed by atoms with Gasteiger partial charge in [0, 0.05) is 30.5 Å². The third-order valence-corrected chi connectivity index (χ3v) is 4.03. The van der Waals surface area contributed by atoms with Crippen molar-refractivity contribution in [2.75, 3.05) is 18.5 Å². The second-order valence-electron chi connectivity index (χ2n) is 5.48. The lowest BCUT2D eigenvalue weighted by atomic mass is 10.0. The van der Waals surface area contributed by atoms with Crippen LogP contribution >= 0.6 is 0 Å². The molecule has 3 heterocycles. The molecule has 5 nitrogen and oxygen atoms in total. The summed E-state index contributed by atoms with van der Waals surface area (Å²) in [5.41, 5.74) is 4.41. The van der Waals surface area contributed by atoms with E-state index in [4.69, 9.17) is 9.72 Å². The molecular formula is C16H23N4O. The molecule has 21 heavy (non-hydrogen) atoms. The van der Waals surface area contributed by atoms with Gasteiger partial charge in [-0.3, -0.25) is 5.10 Å². The van der Waals surface area contributed by atoms with Crippen LogP contribution in [0.3, 0.4) is 0 Å². The summed E-state index contributed by atoms with van der Waals surface area (Å²) in [6.07, 6.45) is 8.16. The van der Waals surface area contributed by atoms with Crippen molar-refractivity contribution in [3.05, 3.63) is 23.9 Å². The van der Waals surface area contributed by atoms with Gasteiger partial charge in [0.25, 0.3) is 0 Å². The number of aromatic amines is 1. The number of nitrogens with one attached hydrogen (secondary N) is 2. The van der Waals surface area contributed by atoms with E-state index in [0.717, 1.165) is 55.6 Å². The Labute approximate surface area is 125 Å². The van der Waals surface area contributed by atoms with Gasteiger partial charge in [0.2, 0.25) is 0 Å². The lowest BCUT2D eigenvalue weighted by Gasteiger charge is -2.26. The van der Waals surface area contributed by atoms with Crippen molar-refractivity contribution in [2.45, 2.75) is 45.6 Å². The number of hydrogen-bond donors (Lipinski definition) is 2. The molecule has 2 aromatic rings. The predicted molar refractivity (Wildman–Crippen MR) is 84.4 cm³/mol. The average molecular weight is 287 g/mol. The largest absolute Gasteiger partial charge is 0.381 e. The number of pyridine rings is 1. The molecule has 1 aliphatic rings. The van der Waals surface area contributed by atoms with Crippen LogP contribution in [0.4, 0.5) is 5.69 Å². The van der Waals surface area contributed by atoms with E-state index in [-0.39, 0.29) is 0 Å². The number of H-pyrrole nitrogens is 1. The van der Waals surface area contributed by atoms with Crippen LogP contribution in [0.25, 0.3) is 11.0 Å².